The molecule has 3 heteroatoms. The van der Waals surface area contributed by atoms with E-state index in [9.17, 15) is 5.11 Å². The molecule has 0 radical (unpaired) electrons. The first-order valence-electron chi connectivity index (χ1n) is 4.95. The van der Waals surface area contributed by atoms with Gasteiger partial charge in [-0.1, -0.05) is 12.8 Å². The monoisotopic (exact) mass is 180 g/mol. The maximum Gasteiger partial charge on any atom is 0.0623 e. The van der Waals surface area contributed by atoms with E-state index in [1.165, 1.54) is 12.1 Å². The van der Waals surface area contributed by atoms with Crippen LogP contribution in [-0.4, -0.2) is 21.0 Å². The molecule has 0 spiro atoms. The molecular formula is C10H16N2O. The van der Waals surface area contributed by atoms with Gasteiger partial charge in [0.1, 0.15) is 0 Å². The molecule has 0 saturated heterocycles. The molecule has 0 bridgehead atoms. The van der Waals surface area contributed by atoms with Crippen LogP contribution in [-0.2, 0) is 7.05 Å². The predicted molar refractivity (Wildman–Crippen MR) is 50.4 cm³/mol. The molecule has 1 fully saturated rings. The van der Waals surface area contributed by atoms with E-state index in [4.69, 9.17) is 0 Å². The minimum Gasteiger partial charge on any atom is -0.392 e. The van der Waals surface area contributed by atoms with E-state index in [0.717, 1.165) is 19.3 Å². The van der Waals surface area contributed by atoms with Crippen molar-refractivity contribution in [2.75, 3.05) is 0 Å². The predicted octanol–water partition coefficient (Wildman–Crippen LogP) is 1.44. The van der Waals surface area contributed by atoms with Gasteiger partial charge in [-0.25, -0.2) is 0 Å². The van der Waals surface area contributed by atoms with Gasteiger partial charge in [0.25, 0.3) is 0 Å². The molecule has 1 aliphatic carbocycles. The van der Waals surface area contributed by atoms with E-state index in [1.807, 2.05) is 17.8 Å². The topological polar surface area (TPSA) is 38.0 Å². The average molecular weight is 180 g/mol. The van der Waals surface area contributed by atoms with Crippen LogP contribution in [0, 0.1) is 0 Å². The summed E-state index contributed by atoms with van der Waals surface area (Å²) in [4.78, 5) is 0. The van der Waals surface area contributed by atoms with Gasteiger partial charge in [0.15, 0.2) is 0 Å². The fourth-order valence-corrected chi connectivity index (χ4v) is 2.20. The Hall–Kier alpha value is -0.830. The maximum absolute atomic E-state index is 9.82. The van der Waals surface area contributed by atoms with Gasteiger partial charge < -0.3 is 5.11 Å². The highest BCUT2D eigenvalue weighted by atomic mass is 16.3. The molecule has 1 heterocycles. The van der Waals surface area contributed by atoms with Crippen molar-refractivity contribution >= 4 is 0 Å². The second-order valence-corrected chi connectivity index (χ2v) is 3.84. The molecule has 3 nitrogen and oxygen atoms in total. The van der Waals surface area contributed by atoms with E-state index < -0.39 is 0 Å². The zero-order valence-corrected chi connectivity index (χ0v) is 7.98. The minimum atomic E-state index is -0.163. The smallest absolute Gasteiger partial charge is 0.0623 e. The van der Waals surface area contributed by atoms with Crippen LogP contribution in [0.5, 0.6) is 0 Å². The van der Waals surface area contributed by atoms with E-state index in [0.29, 0.717) is 5.92 Å². The molecule has 0 aromatic carbocycles. The summed E-state index contributed by atoms with van der Waals surface area (Å²) in [5.74, 6) is 0.307. The lowest BCUT2D eigenvalue weighted by Gasteiger charge is -2.27. The third-order valence-electron chi connectivity index (χ3n) is 2.97. The number of aliphatic hydroxyl groups excluding tert-OH is 1. The molecule has 0 amide bonds. The highest BCUT2D eigenvalue weighted by Crippen LogP contribution is 2.32. The van der Waals surface area contributed by atoms with Gasteiger partial charge in [-0.05, 0) is 18.9 Å². The summed E-state index contributed by atoms with van der Waals surface area (Å²) < 4.78 is 1.87. The molecule has 0 aliphatic heterocycles. The van der Waals surface area contributed by atoms with Gasteiger partial charge >= 0.3 is 0 Å². The number of hydrogen-bond acceptors (Lipinski definition) is 2. The van der Waals surface area contributed by atoms with Crippen molar-refractivity contribution in [3.8, 4) is 0 Å². The van der Waals surface area contributed by atoms with Crippen LogP contribution in [0.3, 0.4) is 0 Å². The lowest BCUT2D eigenvalue weighted by atomic mass is 9.84. The van der Waals surface area contributed by atoms with Crippen LogP contribution < -0.4 is 0 Å². The average Bonchev–Trinajstić information content (AvgIpc) is 2.52. The van der Waals surface area contributed by atoms with Gasteiger partial charge in [-0.2, -0.15) is 5.10 Å². The standard InChI is InChI=1S/C10H16N2O/c1-12-9(6-7-11-12)8-4-2-3-5-10(8)13/h6-8,10,13H,2-5H2,1H3. The SMILES string of the molecule is Cn1nccc1C1CCCCC1O. The zero-order valence-electron chi connectivity index (χ0n) is 7.98. The summed E-state index contributed by atoms with van der Waals surface area (Å²) in [6.07, 6.45) is 6.07. The second kappa shape index (κ2) is 3.50. The van der Waals surface area contributed by atoms with Crippen LogP contribution in [0.25, 0.3) is 0 Å². The maximum atomic E-state index is 9.82. The molecule has 2 unspecified atom stereocenters. The highest BCUT2D eigenvalue weighted by Gasteiger charge is 2.26. The number of rotatable bonds is 1. The Kier molecular flexibility index (Phi) is 2.36. The summed E-state index contributed by atoms with van der Waals surface area (Å²) in [6, 6.07) is 2.01. The van der Waals surface area contributed by atoms with Gasteiger partial charge in [-0.15, -0.1) is 0 Å². The van der Waals surface area contributed by atoms with Crippen molar-refractivity contribution in [1.29, 1.82) is 0 Å². The third kappa shape index (κ3) is 1.61. The molecule has 1 aromatic rings. The normalized spacial score (nSPS) is 29.1. The van der Waals surface area contributed by atoms with Crippen molar-refractivity contribution in [1.82, 2.24) is 9.78 Å². The Morgan fingerprint density at radius 2 is 2.23 bits per heavy atom. The summed E-state index contributed by atoms with van der Waals surface area (Å²) in [5.41, 5.74) is 1.17. The number of aromatic nitrogens is 2. The van der Waals surface area contributed by atoms with Crippen molar-refractivity contribution < 1.29 is 5.11 Å². The molecule has 1 aliphatic rings. The van der Waals surface area contributed by atoms with Crippen molar-refractivity contribution in [2.45, 2.75) is 37.7 Å². The number of aliphatic hydroxyl groups is 1. The van der Waals surface area contributed by atoms with E-state index >= 15 is 0 Å². The van der Waals surface area contributed by atoms with Crippen LogP contribution in [0.1, 0.15) is 37.3 Å². The first-order valence-corrected chi connectivity index (χ1v) is 4.95. The molecule has 72 valence electrons. The molecule has 1 N–H and O–H groups in total. The fourth-order valence-electron chi connectivity index (χ4n) is 2.20. The van der Waals surface area contributed by atoms with Gasteiger partial charge in [0.05, 0.1) is 6.10 Å². The van der Waals surface area contributed by atoms with Crippen LogP contribution >= 0.6 is 0 Å². The minimum absolute atomic E-state index is 0.163. The van der Waals surface area contributed by atoms with E-state index in [2.05, 4.69) is 5.10 Å². The first-order chi connectivity index (χ1) is 6.29. The van der Waals surface area contributed by atoms with Gasteiger partial charge in [0, 0.05) is 24.9 Å². The van der Waals surface area contributed by atoms with Crippen molar-refractivity contribution in [3.05, 3.63) is 18.0 Å². The largest absolute Gasteiger partial charge is 0.392 e. The Balaban J connectivity index is 2.19. The fraction of sp³-hybridized carbons (Fsp3) is 0.700. The second-order valence-electron chi connectivity index (χ2n) is 3.84. The van der Waals surface area contributed by atoms with Crippen LogP contribution in [0.2, 0.25) is 0 Å². The molecule has 2 rings (SSSR count). The Morgan fingerprint density at radius 1 is 1.46 bits per heavy atom. The van der Waals surface area contributed by atoms with E-state index in [1.54, 1.807) is 6.20 Å². The first kappa shape index (κ1) is 8.75. The lowest BCUT2D eigenvalue weighted by molar-refractivity contribution is 0.103. The molecular weight excluding hydrogens is 164 g/mol. The highest BCUT2D eigenvalue weighted by molar-refractivity contribution is 5.10. The number of hydrogen-bond donors (Lipinski definition) is 1. The zero-order chi connectivity index (χ0) is 9.26. The Morgan fingerprint density at radius 3 is 2.85 bits per heavy atom. The number of nitrogens with zero attached hydrogens (tertiary/aromatic N) is 2. The van der Waals surface area contributed by atoms with Crippen LogP contribution in [0.15, 0.2) is 12.3 Å². The Bertz CT molecular complexity index is 282. The molecule has 2 atom stereocenters. The molecule has 1 saturated carbocycles. The van der Waals surface area contributed by atoms with Crippen molar-refractivity contribution in [2.24, 2.45) is 7.05 Å². The lowest BCUT2D eigenvalue weighted by Crippen LogP contribution is -2.24. The summed E-state index contributed by atoms with van der Waals surface area (Å²) in [5, 5.41) is 14.0. The summed E-state index contributed by atoms with van der Waals surface area (Å²) in [7, 11) is 1.94. The number of aryl methyl sites for hydroxylation is 1. The van der Waals surface area contributed by atoms with E-state index in [-0.39, 0.29) is 6.10 Å². The molecule has 13 heavy (non-hydrogen) atoms. The summed E-state index contributed by atoms with van der Waals surface area (Å²) in [6.45, 7) is 0. The van der Waals surface area contributed by atoms with Crippen LogP contribution in [0.4, 0.5) is 0 Å². The van der Waals surface area contributed by atoms with Gasteiger partial charge in [-0.3, -0.25) is 4.68 Å². The van der Waals surface area contributed by atoms with Gasteiger partial charge in [0.2, 0.25) is 0 Å². The summed E-state index contributed by atoms with van der Waals surface area (Å²) >= 11 is 0. The third-order valence-corrected chi connectivity index (χ3v) is 2.97. The quantitative estimate of drug-likeness (QED) is 0.710. The molecule has 1 aromatic heterocycles. The Labute approximate surface area is 78.4 Å². The van der Waals surface area contributed by atoms with Crippen molar-refractivity contribution in [3.63, 3.8) is 0 Å².